The molecule has 0 aliphatic carbocycles. The van der Waals surface area contributed by atoms with Gasteiger partial charge in [-0.3, -0.25) is 9.11 Å². The molecule has 6 N–H and O–H groups in total. The Kier molecular flexibility index (Phi) is 6.88. The number of phenols is 1. The van der Waals surface area contributed by atoms with E-state index in [1.54, 1.807) is 6.07 Å². The third-order valence-electron chi connectivity index (χ3n) is 6.07. The first-order valence-electron chi connectivity index (χ1n) is 11.1. The first kappa shape index (κ1) is 27.0. The number of hydrogen-bond donors (Lipinski definition) is 5. The summed E-state index contributed by atoms with van der Waals surface area (Å²) in [5.41, 5.74) is 10.4. The Labute approximate surface area is 219 Å². The van der Waals surface area contributed by atoms with Crippen LogP contribution >= 0.6 is 0 Å². The maximum atomic E-state index is 11.9. The van der Waals surface area contributed by atoms with Crippen molar-refractivity contribution in [2.75, 3.05) is 18.1 Å². The molecule has 0 aliphatic heterocycles. The van der Waals surface area contributed by atoms with E-state index in [2.05, 4.69) is 21.6 Å². The van der Waals surface area contributed by atoms with Crippen LogP contribution in [0.4, 0.5) is 22.7 Å². The number of fused-ring (bicyclic) bond motifs is 1. The third-order valence-corrected chi connectivity index (χ3v) is 7.85. The molecule has 0 spiro atoms. The van der Waals surface area contributed by atoms with Gasteiger partial charge in [0.25, 0.3) is 20.2 Å². The summed E-state index contributed by atoms with van der Waals surface area (Å²) in [5, 5.41) is 21.5. The molecule has 0 saturated heterocycles. The van der Waals surface area contributed by atoms with E-state index in [9.17, 15) is 31.0 Å². The molecule has 0 heterocycles. The number of nitrogen functional groups attached to an aromatic ring is 1. The summed E-state index contributed by atoms with van der Waals surface area (Å²) in [5.74, 6) is -0.687. The van der Waals surface area contributed by atoms with Crippen LogP contribution in [0.1, 0.15) is 11.1 Å². The number of azo groups is 1. The van der Waals surface area contributed by atoms with Gasteiger partial charge in [-0.05, 0) is 72.5 Å². The molecule has 0 saturated carbocycles. The fourth-order valence-corrected chi connectivity index (χ4v) is 5.58. The Morgan fingerprint density at radius 3 is 1.87 bits per heavy atom. The summed E-state index contributed by atoms with van der Waals surface area (Å²) in [6, 6.07) is 14.5. The minimum Gasteiger partial charge on any atom is -0.505 e. The molecule has 0 aromatic heterocycles. The maximum absolute atomic E-state index is 11.9. The topological polar surface area (TPSA) is 192 Å². The first-order valence-corrected chi connectivity index (χ1v) is 13.9. The second-order valence-electron chi connectivity index (χ2n) is 8.57. The van der Waals surface area contributed by atoms with Crippen LogP contribution in [0.15, 0.2) is 74.6 Å². The fraction of sp³-hybridized carbons (Fsp3) is 0.120. The number of aryl methyl sites for hydroxylation is 2. The SMILES string of the molecule is CNc1ccc(-c2ccc(N=Nc3ccc4c(S(=O)(=O)O)cc(S(=O)(=O)O)c(N)c4c3O)c(C)c2)cc1C. The van der Waals surface area contributed by atoms with Crippen molar-refractivity contribution in [1.29, 1.82) is 0 Å². The van der Waals surface area contributed by atoms with Gasteiger partial charge in [-0.2, -0.15) is 21.9 Å². The van der Waals surface area contributed by atoms with E-state index in [-0.39, 0.29) is 11.1 Å². The summed E-state index contributed by atoms with van der Waals surface area (Å²) in [6.07, 6.45) is 0. The average Bonchev–Trinajstić information content (AvgIpc) is 2.82. The highest BCUT2D eigenvalue weighted by molar-refractivity contribution is 7.87. The van der Waals surface area contributed by atoms with Crippen molar-refractivity contribution in [3.63, 3.8) is 0 Å². The monoisotopic (exact) mass is 556 g/mol. The molecule has 0 aliphatic rings. The van der Waals surface area contributed by atoms with E-state index in [4.69, 9.17) is 5.73 Å². The van der Waals surface area contributed by atoms with E-state index >= 15 is 0 Å². The van der Waals surface area contributed by atoms with Gasteiger partial charge in [0.2, 0.25) is 0 Å². The maximum Gasteiger partial charge on any atom is 0.296 e. The van der Waals surface area contributed by atoms with Crippen molar-refractivity contribution in [2.24, 2.45) is 10.2 Å². The van der Waals surface area contributed by atoms with Crippen molar-refractivity contribution in [3.05, 3.63) is 65.7 Å². The van der Waals surface area contributed by atoms with Gasteiger partial charge in [-0.1, -0.05) is 18.2 Å². The highest BCUT2D eigenvalue weighted by atomic mass is 32.2. The Morgan fingerprint density at radius 2 is 1.32 bits per heavy atom. The quantitative estimate of drug-likeness (QED) is 0.118. The van der Waals surface area contributed by atoms with Gasteiger partial charge in [-0.25, -0.2) is 0 Å². The van der Waals surface area contributed by atoms with Crippen molar-refractivity contribution in [1.82, 2.24) is 0 Å². The molecule has 198 valence electrons. The number of aromatic hydroxyl groups is 1. The first-order chi connectivity index (χ1) is 17.7. The highest BCUT2D eigenvalue weighted by Gasteiger charge is 2.26. The smallest absolute Gasteiger partial charge is 0.296 e. The lowest BCUT2D eigenvalue weighted by Crippen LogP contribution is -2.08. The number of anilines is 2. The van der Waals surface area contributed by atoms with Gasteiger partial charge in [0.1, 0.15) is 15.5 Å². The Morgan fingerprint density at radius 1 is 0.763 bits per heavy atom. The molecule has 0 radical (unpaired) electrons. The standard InChI is InChI=1S/C25H24N4O7S2/c1-13-10-15(4-7-18(13)27-3)16-5-8-19(14(2)11-16)28-29-20-9-6-17-21(37(31,32)33)12-22(38(34,35)36)24(26)23(17)25(20)30/h4-12,27,30H,26H2,1-3H3,(H,31,32,33)(H,34,35,36). The fourth-order valence-electron chi connectivity index (χ4n) is 4.14. The third kappa shape index (κ3) is 5.04. The highest BCUT2D eigenvalue weighted by Crippen LogP contribution is 2.43. The summed E-state index contributed by atoms with van der Waals surface area (Å²) in [4.78, 5) is -1.86. The lowest BCUT2D eigenvalue weighted by Gasteiger charge is -2.13. The van der Waals surface area contributed by atoms with Gasteiger partial charge in [-0.15, -0.1) is 5.11 Å². The molecule has 0 fully saturated rings. The molecule has 4 aromatic rings. The number of nitrogens with zero attached hydrogens (tertiary/aromatic N) is 2. The minimum absolute atomic E-state index is 0.153. The van der Waals surface area contributed by atoms with E-state index in [1.165, 1.54) is 12.1 Å². The Bertz CT molecular complexity index is 1850. The summed E-state index contributed by atoms with van der Waals surface area (Å²) in [6.45, 7) is 3.84. The van der Waals surface area contributed by atoms with Gasteiger partial charge < -0.3 is 16.2 Å². The van der Waals surface area contributed by atoms with Crippen molar-refractivity contribution in [3.8, 4) is 16.9 Å². The van der Waals surface area contributed by atoms with Crippen LogP contribution < -0.4 is 11.1 Å². The van der Waals surface area contributed by atoms with E-state index in [0.717, 1.165) is 27.9 Å². The largest absolute Gasteiger partial charge is 0.505 e. The molecule has 4 rings (SSSR count). The van der Waals surface area contributed by atoms with Gasteiger partial charge >= 0.3 is 0 Å². The lowest BCUT2D eigenvalue weighted by atomic mass is 10.00. The zero-order chi connectivity index (χ0) is 28.0. The number of phenolic OH excluding ortho intramolecular Hbond substituents is 1. The van der Waals surface area contributed by atoms with Crippen LogP contribution in [0.3, 0.4) is 0 Å². The normalized spacial score (nSPS) is 12.3. The van der Waals surface area contributed by atoms with Crippen LogP contribution in [0, 0.1) is 13.8 Å². The predicted octanol–water partition coefficient (Wildman–Crippen LogP) is 5.36. The predicted molar refractivity (Wildman–Crippen MR) is 145 cm³/mol. The van der Waals surface area contributed by atoms with Crippen LogP contribution in [-0.2, 0) is 20.2 Å². The average molecular weight is 557 g/mol. The van der Waals surface area contributed by atoms with E-state index in [0.29, 0.717) is 11.8 Å². The van der Waals surface area contributed by atoms with Crippen LogP contribution in [0.25, 0.3) is 21.9 Å². The van der Waals surface area contributed by atoms with Crippen molar-refractivity contribution in [2.45, 2.75) is 23.6 Å². The molecule has 4 aromatic carbocycles. The second kappa shape index (κ2) is 9.68. The zero-order valence-corrected chi connectivity index (χ0v) is 22.1. The van der Waals surface area contributed by atoms with Gasteiger partial charge in [0, 0.05) is 18.1 Å². The summed E-state index contributed by atoms with van der Waals surface area (Å²) < 4.78 is 66.4. The van der Waals surface area contributed by atoms with E-state index in [1.807, 2.05) is 45.2 Å². The van der Waals surface area contributed by atoms with Crippen molar-refractivity contribution < 1.29 is 31.0 Å². The van der Waals surface area contributed by atoms with Gasteiger partial charge in [0.15, 0.2) is 5.75 Å². The van der Waals surface area contributed by atoms with Crippen LogP contribution in [-0.4, -0.2) is 38.1 Å². The number of rotatable bonds is 6. The van der Waals surface area contributed by atoms with E-state index < -0.39 is 46.9 Å². The van der Waals surface area contributed by atoms with Crippen molar-refractivity contribution >= 4 is 53.8 Å². The molecule has 0 bridgehead atoms. The molecule has 38 heavy (non-hydrogen) atoms. The molecule has 11 nitrogen and oxygen atoms in total. The summed E-state index contributed by atoms with van der Waals surface area (Å²) in [7, 11) is -8.10. The van der Waals surface area contributed by atoms with Crippen LogP contribution in [0.5, 0.6) is 5.75 Å². The van der Waals surface area contributed by atoms with Crippen LogP contribution in [0.2, 0.25) is 0 Å². The number of hydrogen-bond acceptors (Lipinski definition) is 9. The molecule has 0 atom stereocenters. The zero-order valence-electron chi connectivity index (χ0n) is 20.5. The Balaban J connectivity index is 1.79. The molecule has 0 unspecified atom stereocenters. The van der Waals surface area contributed by atoms with Gasteiger partial charge in [0.05, 0.1) is 16.8 Å². The second-order valence-corrected chi connectivity index (χ2v) is 11.4. The number of nitrogens with one attached hydrogen (secondary N) is 1. The molecular formula is C25H24N4O7S2. The summed E-state index contributed by atoms with van der Waals surface area (Å²) >= 11 is 0. The number of nitrogens with two attached hydrogens (primary N) is 1. The molecule has 0 amide bonds. The molecule has 13 heteroatoms. The minimum atomic E-state index is -5.00. The molecular weight excluding hydrogens is 532 g/mol. The Hall–Kier alpha value is -4.04. The number of benzene rings is 4. The lowest BCUT2D eigenvalue weighted by molar-refractivity contribution is 0.481.